The van der Waals surface area contributed by atoms with Gasteiger partial charge in [-0.25, -0.2) is 14.2 Å². The van der Waals surface area contributed by atoms with Gasteiger partial charge in [0.2, 0.25) is 0 Å². The minimum atomic E-state index is -0.484. The zero-order valence-corrected chi connectivity index (χ0v) is 15.0. The zero-order valence-electron chi connectivity index (χ0n) is 15.0. The molecule has 4 rings (SSSR count). The summed E-state index contributed by atoms with van der Waals surface area (Å²) in [4.78, 5) is 16.1. The molecule has 0 atom stereocenters. The van der Waals surface area contributed by atoms with E-state index < -0.39 is 5.97 Å². The molecule has 0 saturated carbocycles. The number of nitrogens with zero attached hydrogens (tertiary/aromatic N) is 3. The fourth-order valence-electron chi connectivity index (χ4n) is 3.32. The van der Waals surface area contributed by atoms with Gasteiger partial charge in [-0.2, -0.15) is 0 Å². The van der Waals surface area contributed by atoms with Crippen LogP contribution >= 0.6 is 0 Å². The Morgan fingerprint density at radius 2 is 2.15 bits per heavy atom. The van der Waals surface area contributed by atoms with E-state index in [1.54, 1.807) is 6.08 Å². The lowest BCUT2D eigenvalue weighted by Gasteiger charge is -2.07. The highest BCUT2D eigenvalue weighted by Gasteiger charge is 2.13. The average molecular weight is 363 g/mol. The van der Waals surface area contributed by atoms with Crippen molar-refractivity contribution in [3.05, 3.63) is 77.6 Å². The standard InChI is InChI=1S/C21H18FN3O2/c1-14-11-25(13-17-12-24-8-4-3-5-19(24)23-17)21-15(6-7-20(26)27-2)9-16(22)10-18(14)21/h3-12H,13H2,1-2H3/b7-6+. The van der Waals surface area contributed by atoms with Crippen LogP contribution in [-0.2, 0) is 16.1 Å². The van der Waals surface area contributed by atoms with E-state index in [1.807, 2.05) is 52.7 Å². The third-order valence-corrected chi connectivity index (χ3v) is 4.51. The molecule has 0 saturated heterocycles. The Morgan fingerprint density at radius 1 is 1.30 bits per heavy atom. The number of benzene rings is 1. The number of halogens is 1. The third-order valence-electron chi connectivity index (χ3n) is 4.51. The molecule has 0 fully saturated rings. The summed E-state index contributed by atoms with van der Waals surface area (Å²) in [6.07, 6.45) is 8.78. The molecule has 136 valence electrons. The van der Waals surface area contributed by atoms with Gasteiger partial charge in [0.05, 0.1) is 24.9 Å². The van der Waals surface area contributed by atoms with Gasteiger partial charge in [0.15, 0.2) is 0 Å². The lowest BCUT2D eigenvalue weighted by Crippen LogP contribution is -2.00. The molecule has 0 radical (unpaired) electrons. The van der Waals surface area contributed by atoms with Crippen LogP contribution in [0.2, 0.25) is 0 Å². The summed E-state index contributed by atoms with van der Waals surface area (Å²) in [6.45, 7) is 2.48. The second-order valence-corrected chi connectivity index (χ2v) is 6.39. The van der Waals surface area contributed by atoms with Crippen molar-refractivity contribution in [2.45, 2.75) is 13.5 Å². The van der Waals surface area contributed by atoms with Crippen LogP contribution < -0.4 is 0 Å². The first-order valence-corrected chi connectivity index (χ1v) is 8.53. The Bertz CT molecular complexity index is 1150. The Balaban J connectivity index is 1.82. The lowest BCUT2D eigenvalue weighted by molar-refractivity contribution is -0.134. The number of aryl methyl sites for hydroxylation is 1. The first-order valence-electron chi connectivity index (χ1n) is 8.53. The summed E-state index contributed by atoms with van der Waals surface area (Å²) < 4.78 is 22.7. The maximum Gasteiger partial charge on any atom is 0.330 e. The van der Waals surface area contributed by atoms with E-state index in [1.165, 1.54) is 25.3 Å². The Morgan fingerprint density at radius 3 is 2.93 bits per heavy atom. The predicted octanol–water partition coefficient (Wildman–Crippen LogP) is 3.97. The van der Waals surface area contributed by atoms with Crippen molar-refractivity contribution in [3.8, 4) is 0 Å². The predicted molar refractivity (Wildman–Crippen MR) is 102 cm³/mol. The molecule has 0 amide bonds. The van der Waals surface area contributed by atoms with Crippen LogP contribution in [0.25, 0.3) is 22.6 Å². The van der Waals surface area contributed by atoms with Crippen LogP contribution in [-0.4, -0.2) is 27.0 Å². The van der Waals surface area contributed by atoms with E-state index in [0.29, 0.717) is 12.1 Å². The molecular formula is C21H18FN3O2. The number of fused-ring (bicyclic) bond motifs is 2. The minimum Gasteiger partial charge on any atom is -0.466 e. The number of carbonyl (C=O) groups is 1. The van der Waals surface area contributed by atoms with Crippen LogP contribution in [0, 0.1) is 12.7 Å². The second kappa shape index (κ2) is 6.72. The number of aromatic nitrogens is 3. The summed E-state index contributed by atoms with van der Waals surface area (Å²) in [6, 6.07) is 8.77. The maximum atomic E-state index is 14.1. The minimum absolute atomic E-state index is 0.347. The van der Waals surface area contributed by atoms with Crippen molar-refractivity contribution in [3.63, 3.8) is 0 Å². The van der Waals surface area contributed by atoms with Gasteiger partial charge in [0.1, 0.15) is 11.5 Å². The van der Waals surface area contributed by atoms with Crippen molar-refractivity contribution >= 4 is 28.6 Å². The number of rotatable bonds is 4. The number of pyridine rings is 1. The highest BCUT2D eigenvalue weighted by atomic mass is 19.1. The number of esters is 1. The van der Waals surface area contributed by atoms with E-state index in [0.717, 1.165) is 27.8 Å². The largest absolute Gasteiger partial charge is 0.466 e. The Labute approximate surface area is 155 Å². The summed E-state index contributed by atoms with van der Waals surface area (Å²) >= 11 is 0. The summed E-state index contributed by atoms with van der Waals surface area (Å²) in [7, 11) is 1.31. The summed E-state index contributed by atoms with van der Waals surface area (Å²) in [5, 5.41) is 0.809. The molecule has 5 nitrogen and oxygen atoms in total. The molecular weight excluding hydrogens is 345 g/mol. The van der Waals surface area contributed by atoms with Crippen LogP contribution in [0.15, 0.2) is 55.0 Å². The molecule has 0 aliphatic carbocycles. The number of ether oxygens (including phenoxy) is 1. The van der Waals surface area contributed by atoms with Gasteiger partial charge in [0.25, 0.3) is 0 Å². The first-order chi connectivity index (χ1) is 13.0. The molecule has 3 heterocycles. The molecule has 1 aromatic carbocycles. The SMILES string of the molecule is COC(=O)/C=C/c1cc(F)cc2c(C)cn(Cc3cn4ccccc4n3)c12. The van der Waals surface area contributed by atoms with Crippen LogP contribution in [0.3, 0.4) is 0 Å². The monoisotopic (exact) mass is 363 g/mol. The van der Waals surface area contributed by atoms with Crippen molar-refractivity contribution in [2.75, 3.05) is 7.11 Å². The van der Waals surface area contributed by atoms with Crippen molar-refractivity contribution in [1.29, 1.82) is 0 Å². The van der Waals surface area contributed by atoms with Gasteiger partial charge in [0, 0.05) is 35.6 Å². The third kappa shape index (κ3) is 3.21. The highest BCUT2D eigenvalue weighted by Crippen LogP contribution is 2.27. The number of carbonyl (C=O) groups excluding carboxylic acids is 1. The van der Waals surface area contributed by atoms with Crippen molar-refractivity contribution in [2.24, 2.45) is 0 Å². The number of imidazole rings is 1. The molecule has 0 spiro atoms. The highest BCUT2D eigenvalue weighted by molar-refractivity contribution is 5.95. The average Bonchev–Trinajstić information content (AvgIpc) is 3.20. The van der Waals surface area contributed by atoms with Gasteiger partial charge in [-0.1, -0.05) is 6.07 Å². The topological polar surface area (TPSA) is 48.5 Å². The Hall–Kier alpha value is -3.41. The van der Waals surface area contributed by atoms with E-state index >= 15 is 0 Å². The van der Waals surface area contributed by atoms with Crippen LogP contribution in [0.1, 0.15) is 16.8 Å². The van der Waals surface area contributed by atoms with Gasteiger partial charge in [-0.05, 0) is 42.8 Å². The molecule has 4 aromatic rings. The molecule has 27 heavy (non-hydrogen) atoms. The fourth-order valence-corrected chi connectivity index (χ4v) is 3.32. The van der Waals surface area contributed by atoms with Gasteiger partial charge in [-0.15, -0.1) is 0 Å². The number of hydrogen-bond donors (Lipinski definition) is 0. The second-order valence-electron chi connectivity index (χ2n) is 6.39. The van der Waals surface area contributed by atoms with Crippen molar-refractivity contribution < 1.29 is 13.9 Å². The quantitative estimate of drug-likeness (QED) is 0.407. The lowest BCUT2D eigenvalue weighted by atomic mass is 10.1. The van der Waals surface area contributed by atoms with E-state index in [-0.39, 0.29) is 5.82 Å². The zero-order chi connectivity index (χ0) is 19.0. The Kier molecular flexibility index (Phi) is 4.24. The van der Waals surface area contributed by atoms with E-state index in [2.05, 4.69) is 9.72 Å². The fraction of sp³-hybridized carbons (Fsp3) is 0.143. The van der Waals surface area contributed by atoms with Gasteiger partial charge in [-0.3, -0.25) is 0 Å². The maximum absolute atomic E-state index is 14.1. The van der Waals surface area contributed by atoms with E-state index in [9.17, 15) is 9.18 Å². The summed E-state index contributed by atoms with van der Waals surface area (Å²) in [5.41, 5.74) is 4.20. The number of methoxy groups -OCH3 is 1. The molecule has 0 bridgehead atoms. The first kappa shape index (κ1) is 17.0. The molecule has 0 aliphatic heterocycles. The molecule has 0 aliphatic rings. The number of hydrogen-bond acceptors (Lipinski definition) is 3. The smallest absolute Gasteiger partial charge is 0.330 e. The molecule has 0 N–H and O–H groups in total. The summed E-state index contributed by atoms with van der Waals surface area (Å²) in [5.74, 6) is -0.830. The molecule has 6 heteroatoms. The van der Waals surface area contributed by atoms with Gasteiger partial charge >= 0.3 is 5.97 Å². The van der Waals surface area contributed by atoms with Crippen LogP contribution in [0.5, 0.6) is 0 Å². The van der Waals surface area contributed by atoms with Gasteiger partial charge < -0.3 is 13.7 Å². The molecule has 0 unspecified atom stereocenters. The van der Waals surface area contributed by atoms with E-state index in [4.69, 9.17) is 0 Å². The van der Waals surface area contributed by atoms with Crippen molar-refractivity contribution in [1.82, 2.24) is 14.0 Å². The molecule has 3 aromatic heterocycles. The normalized spacial score (nSPS) is 11.7. The van der Waals surface area contributed by atoms with Crippen LogP contribution in [0.4, 0.5) is 4.39 Å².